The van der Waals surface area contributed by atoms with Gasteiger partial charge in [-0.15, -0.1) is 0 Å². The maximum Gasteiger partial charge on any atom is 0.217 e. The number of rotatable bonds is 2. The smallest absolute Gasteiger partial charge is 0.217 e. The molecule has 0 spiro atoms. The molecule has 0 bridgehead atoms. The molecule has 3 heteroatoms. The Labute approximate surface area is 109 Å². The molecule has 2 rings (SSSR count). The number of nitrogens with one attached hydrogen (secondary N) is 1. The molecule has 0 unspecified atom stereocenters. The standard InChI is InChI=1S/C15H21NO2/c1-11-4-6-13(7-5-11)14-10-15(3,8-9-18-14)16-12(2)17/h4-7,14H,8-10H2,1-3H3,(H,16,17)/t14-,15-/m1/s1. The van der Waals surface area contributed by atoms with E-state index in [9.17, 15) is 4.79 Å². The molecule has 1 aromatic carbocycles. The van der Waals surface area contributed by atoms with Crippen LogP contribution in [0.1, 0.15) is 43.9 Å². The molecule has 1 aromatic rings. The Balaban J connectivity index is 2.11. The molecule has 1 N–H and O–H groups in total. The van der Waals surface area contributed by atoms with E-state index in [1.807, 2.05) is 0 Å². The zero-order valence-electron chi connectivity index (χ0n) is 11.3. The second-order valence-electron chi connectivity index (χ2n) is 5.47. The van der Waals surface area contributed by atoms with Gasteiger partial charge in [-0.3, -0.25) is 4.79 Å². The van der Waals surface area contributed by atoms with Gasteiger partial charge in [0.15, 0.2) is 0 Å². The van der Waals surface area contributed by atoms with Crippen molar-refractivity contribution in [3.8, 4) is 0 Å². The lowest BCUT2D eigenvalue weighted by Crippen LogP contribution is -2.49. The third-order valence-corrected chi connectivity index (χ3v) is 3.54. The lowest BCUT2D eigenvalue weighted by molar-refractivity contribution is -0.122. The van der Waals surface area contributed by atoms with Gasteiger partial charge in [0.1, 0.15) is 0 Å². The van der Waals surface area contributed by atoms with Crippen molar-refractivity contribution in [2.45, 2.75) is 45.3 Å². The Morgan fingerprint density at radius 3 is 2.67 bits per heavy atom. The van der Waals surface area contributed by atoms with E-state index in [1.54, 1.807) is 6.92 Å². The quantitative estimate of drug-likeness (QED) is 0.872. The number of ether oxygens (including phenoxy) is 1. The molecule has 0 saturated carbocycles. The van der Waals surface area contributed by atoms with Gasteiger partial charge >= 0.3 is 0 Å². The molecule has 1 amide bonds. The van der Waals surface area contributed by atoms with Crippen LogP contribution in [0.5, 0.6) is 0 Å². The maximum atomic E-state index is 11.3. The molecule has 2 atom stereocenters. The van der Waals surface area contributed by atoms with Crippen LogP contribution in [0.4, 0.5) is 0 Å². The number of hydrogen-bond acceptors (Lipinski definition) is 2. The minimum absolute atomic E-state index is 0.0297. The Kier molecular flexibility index (Phi) is 3.71. The summed E-state index contributed by atoms with van der Waals surface area (Å²) in [5.41, 5.74) is 2.29. The van der Waals surface area contributed by atoms with Crippen LogP contribution in [0.15, 0.2) is 24.3 Å². The van der Waals surface area contributed by atoms with Crippen LogP contribution in [0, 0.1) is 6.92 Å². The summed E-state index contributed by atoms with van der Waals surface area (Å²) in [7, 11) is 0. The Morgan fingerprint density at radius 2 is 2.06 bits per heavy atom. The maximum absolute atomic E-state index is 11.3. The fraction of sp³-hybridized carbons (Fsp3) is 0.533. The Hall–Kier alpha value is -1.35. The fourth-order valence-electron chi connectivity index (χ4n) is 2.53. The van der Waals surface area contributed by atoms with E-state index in [0.29, 0.717) is 6.61 Å². The SMILES string of the molecule is CC(=O)N[C@]1(C)CCO[C@@H](c2ccc(C)cc2)C1. The molecule has 1 saturated heterocycles. The van der Waals surface area contributed by atoms with Gasteiger partial charge in [0.25, 0.3) is 0 Å². The summed E-state index contributed by atoms with van der Waals surface area (Å²) in [5.74, 6) is 0.0297. The summed E-state index contributed by atoms with van der Waals surface area (Å²) in [6, 6.07) is 8.42. The van der Waals surface area contributed by atoms with Crippen molar-refractivity contribution in [3.63, 3.8) is 0 Å². The van der Waals surface area contributed by atoms with Gasteiger partial charge in [-0.25, -0.2) is 0 Å². The highest BCUT2D eigenvalue weighted by atomic mass is 16.5. The van der Waals surface area contributed by atoms with Crippen molar-refractivity contribution in [1.29, 1.82) is 0 Å². The highest BCUT2D eigenvalue weighted by molar-refractivity contribution is 5.73. The molecular formula is C15H21NO2. The van der Waals surface area contributed by atoms with Gasteiger partial charge in [0.05, 0.1) is 6.10 Å². The van der Waals surface area contributed by atoms with Crippen molar-refractivity contribution >= 4 is 5.91 Å². The lowest BCUT2D eigenvalue weighted by Gasteiger charge is -2.38. The van der Waals surface area contributed by atoms with Crippen molar-refractivity contribution < 1.29 is 9.53 Å². The third-order valence-electron chi connectivity index (χ3n) is 3.54. The topological polar surface area (TPSA) is 38.3 Å². The Morgan fingerprint density at radius 1 is 1.39 bits per heavy atom. The summed E-state index contributed by atoms with van der Waals surface area (Å²) in [6.07, 6.45) is 1.78. The van der Waals surface area contributed by atoms with Gasteiger partial charge < -0.3 is 10.1 Å². The molecule has 1 heterocycles. The number of carbonyl (C=O) groups excluding carboxylic acids is 1. The third kappa shape index (κ3) is 3.10. The minimum Gasteiger partial charge on any atom is -0.373 e. The predicted molar refractivity (Wildman–Crippen MR) is 71.3 cm³/mol. The molecule has 3 nitrogen and oxygen atoms in total. The minimum atomic E-state index is -0.153. The van der Waals surface area contributed by atoms with Crippen LogP contribution in [0.25, 0.3) is 0 Å². The van der Waals surface area contributed by atoms with Crippen LogP contribution in [-0.4, -0.2) is 18.1 Å². The van der Waals surface area contributed by atoms with E-state index in [0.717, 1.165) is 12.8 Å². The number of benzene rings is 1. The predicted octanol–water partition coefficient (Wildman–Crippen LogP) is 2.74. The molecule has 0 aromatic heterocycles. The second kappa shape index (κ2) is 5.11. The molecule has 0 aliphatic carbocycles. The average Bonchev–Trinajstić information content (AvgIpc) is 2.28. The van der Waals surface area contributed by atoms with E-state index in [4.69, 9.17) is 4.74 Å². The molecule has 1 aliphatic rings. The highest BCUT2D eigenvalue weighted by Crippen LogP contribution is 2.34. The van der Waals surface area contributed by atoms with Gasteiger partial charge in [0.2, 0.25) is 5.91 Å². The summed E-state index contributed by atoms with van der Waals surface area (Å²) in [6.45, 7) is 6.43. The van der Waals surface area contributed by atoms with E-state index in [2.05, 4.69) is 43.4 Å². The Bertz CT molecular complexity index is 427. The first-order valence-corrected chi connectivity index (χ1v) is 6.45. The second-order valence-corrected chi connectivity index (χ2v) is 5.47. The number of hydrogen-bond donors (Lipinski definition) is 1. The average molecular weight is 247 g/mol. The first-order valence-electron chi connectivity index (χ1n) is 6.45. The molecule has 0 radical (unpaired) electrons. The summed E-state index contributed by atoms with van der Waals surface area (Å²) < 4.78 is 5.83. The molecule has 98 valence electrons. The monoisotopic (exact) mass is 247 g/mol. The van der Waals surface area contributed by atoms with Crippen molar-refractivity contribution in [2.75, 3.05) is 6.61 Å². The van der Waals surface area contributed by atoms with Crippen LogP contribution in [0.3, 0.4) is 0 Å². The van der Waals surface area contributed by atoms with E-state index in [-0.39, 0.29) is 17.6 Å². The van der Waals surface area contributed by atoms with Crippen molar-refractivity contribution in [2.24, 2.45) is 0 Å². The van der Waals surface area contributed by atoms with Gasteiger partial charge in [-0.2, -0.15) is 0 Å². The summed E-state index contributed by atoms with van der Waals surface area (Å²) >= 11 is 0. The van der Waals surface area contributed by atoms with Crippen LogP contribution in [-0.2, 0) is 9.53 Å². The first kappa shape index (κ1) is 13.1. The van der Waals surface area contributed by atoms with Crippen LogP contribution < -0.4 is 5.32 Å². The normalized spacial score (nSPS) is 27.8. The van der Waals surface area contributed by atoms with Gasteiger partial charge in [0, 0.05) is 25.5 Å². The largest absolute Gasteiger partial charge is 0.373 e. The first-order chi connectivity index (χ1) is 8.48. The summed E-state index contributed by atoms with van der Waals surface area (Å²) in [4.78, 5) is 11.3. The number of aryl methyl sites for hydroxylation is 1. The molecular weight excluding hydrogens is 226 g/mol. The molecule has 1 aliphatic heterocycles. The van der Waals surface area contributed by atoms with Crippen LogP contribution >= 0.6 is 0 Å². The molecule has 18 heavy (non-hydrogen) atoms. The highest BCUT2D eigenvalue weighted by Gasteiger charge is 2.34. The lowest BCUT2D eigenvalue weighted by atomic mass is 9.86. The van der Waals surface area contributed by atoms with Gasteiger partial charge in [-0.1, -0.05) is 29.8 Å². The van der Waals surface area contributed by atoms with Crippen molar-refractivity contribution in [1.82, 2.24) is 5.32 Å². The van der Waals surface area contributed by atoms with Crippen molar-refractivity contribution in [3.05, 3.63) is 35.4 Å². The van der Waals surface area contributed by atoms with E-state index < -0.39 is 0 Å². The van der Waals surface area contributed by atoms with Gasteiger partial charge in [-0.05, 0) is 25.8 Å². The number of amides is 1. The fourth-order valence-corrected chi connectivity index (χ4v) is 2.53. The van der Waals surface area contributed by atoms with Crippen LogP contribution in [0.2, 0.25) is 0 Å². The zero-order valence-corrected chi connectivity index (χ0v) is 11.3. The molecule has 1 fully saturated rings. The zero-order chi connectivity index (χ0) is 13.2. The van der Waals surface area contributed by atoms with E-state index >= 15 is 0 Å². The summed E-state index contributed by atoms with van der Waals surface area (Å²) in [5, 5.41) is 3.05. The number of carbonyl (C=O) groups is 1. The van der Waals surface area contributed by atoms with E-state index in [1.165, 1.54) is 11.1 Å².